The standard InChI is InChI=1S/C22H26N6O5/c1-26-20(29)17-19(24-21(26)30)27(2)25-18(23-17)15-3-5-16(6-4-15)31-12-11-28-9-7-22(8-10-28)32-13-14-33-22/h3-6H,7-14H2,1-2H3. The van der Waals surface area contributed by atoms with Crippen LogP contribution in [0.3, 0.4) is 0 Å². The van der Waals surface area contributed by atoms with Crippen LogP contribution >= 0.6 is 0 Å². The normalized spacial score (nSPS) is 18.2. The zero-order valence-electron chi connectivity index (χ0n) is 18.7. The van der Waals surface area contributed by atoms with Crippen LogP contribution in [0.25, 0.3) is 22.9 Å². The van der Waals surface area contributed by atoms with Crippen molar-refractivity contribution in [2.75, 3.05) is 39.5 Å². The van der Waals surface area contributed by atoms with Crippen LogP contribution in [0.15, 0.2) is 33.9 Å². The van der Waals surface area contributed by atoms with E-state index < -0.39 is 11.2 Å². The Morgan fingerprint density at radius 2 is 1.73 bits per heavy atom. The lowest BCUT2D eigenvalue weighted by molar-refractivity contribution is -0.185. The summed E-state index contributed by atoms with van der Waals surface area (Å²) in [4.78, 5) is 34.8. The molecular formula is C22H26N6O5. The second kappa shape index (κ2) is 8.65. The second-order valence-electron chi connectivity index (χ2n) is 8.31. The monoisotopic (exact) mass is 454 g/mol. The molecule has 0 amide bonds. The van der Waals surface area contributed by atoms with Crippen molar-refractivity contribution in [1.82, 2.24) is 29.2 Å². The molecule has 0 atom stereocenters. The maximum Gasteiger partial charge on any atom is 0.352 e. The maximum atomic E-state index is 12.4. The van der Waals surface area contributed by atoms with E-state index in [0.29, 0.717) is 25.6 Å². The Morgan fingerprint density at radius 1 is 1.03 bits per heavy atom. The van der Waals surface area contributed by atoms with Crippen LogP contribution in [0.5, 0.6) is 5.75 Å². The number of fused-ring (bicyclic) bond motifs is 1. The van der Waals surface area contributed by atoms with E-state index in [-0.39, 0.29) is 17.3 Å². The molecule has 2 fully saturated rings. The maximum absolute atomic E-state index is 12.4. The van der Waals surface area contributed by atoms with Gasteiger partial charge in [0.2, 0.25) is 0 Å². The summed E-state index contributed by atoms with van der Waals surface area (Å²) in [6.45, 7) is 4.65. The largest absolute Gasteiger partial charge is 0.492 e. The van der Waals surface area contributed by atoms with Crippen LogP contribution in [0.2, 0.25) is 0 Å². The summed E-state index contributed by atoms with van der Waals surface area (Å²) in [7, 11) is 3.01. The zero-order valence-corrected chi connectivity index (χ0v) is 18.7. The number of hydrogen-bond acceptors (Lipinski definition) is 9. The van der Waals surface area contributed by atoms with E-state index in [2.05, 4.69) is 20.0 Å². The molecule has 0 saturated carbocycles. The fourth-order valence-corrected chi connectivity index (χ4v) is 4.22. The molecule has 4 heterocycles. The first-order chi connectivity index (χ1) is 15.9. The minimum atomic E-state index is -0.634. The summed E-state index contributed by atoms with van der Waals surface area (Å²) < 4.78 is 19.8. The van der Waals surface area contributed by atoms with Gasteiger partial charge in [0.05, 0.1) is 13.2 Å². The Kier molecular flexibility index (Phi) is 5.69. The van der Waals surface area contributed by atoms with Gasteiger partial charge in [0.1, 0.15) is 12.4 Å². The topological polar surface area (TPSA) is 114 Å². The minimum absolute atomic E-state index is 0.0987. The smallest absolute Gasteiger partial charge is 0.352 e. The molecule has 1 spiro atoms. The average molecular weight is 454 g/mol. The van der Waals surface area contributed by atoms with E-state index in [1.165, 1.54) is 11.7 Å². The van der Waals surface area contributed by atoms with Crippen molar-refractivity contribution in [3.63, 3.8) is 0 Å². The third kappa shape index (κ3) is 4.26. The van der Waals surface area contributed by atoms with Crippen LogP contribution < -0.4 is 16.0 Å². The van der Waals surface area contributed by atoms with Gasteiger partial charge >= 0.3 is 5.69 Å². The average Bonchev–Trinajstić information content (AvgIpc) is 3.28. The highest BCUT2D eigenvalue weighted by Crippen LogP contribution is 2.31. The number of aromatic nitrogens is 5. The van der Waals surface area contributed by atoms with Gasteiger partial charge in [-0.1, -0.05) is 0 Å². The molecule has 4 aliphatic heterocycles. The molecule has 2 saturated heterocycles. The van der Waals surface area contributed by atoms with Crippen molar-refractivity contribution in [2.24, 2.45) is 14.1 Å². The van der Waals surface area contributed by atoms with E-state index in [9.17, 15) is 9.59 Å². The molecule has 1 aromatic carbocycles. The minimum Gasteiger partial charge on any atom is -0.492 e. The van der Waals surface area contributed by atoms with Crippen molar-refractivity contribution in [2.45, 2.75) is 18.6 Å². The number of benzene rings is 1. The van der Waals surface area contributed by atoms with Crippen LogP contribution in [-0.4, -0.2) is 74.5 Å². The molecule has 0 aromatic heterocycles. The van der Waals surface area contributed by atoms with Crippen molar-refractivity contribution in [3.8, 4) is 28.7 Å². The lowest BCUT2D eigenvalue weighted by Crippen LogP contribution is -2.46. The van der Waals surface area contributed by atoms with Gasteiger partial charge in [-0.05, 0) is 24.3 Å². The van der Waals surface area contributed by atoms with Crippen molar-refractivity contribution < 1.29 is 14.2 Å². The fourth-order valence-electron chi connectivity index (χ4n) is 4.22. The highest BCUT2D eigenvalue weighted by atomic mass is 16.7. The third-order valence-corrected chi connectivity index (χ3v) is 6.20. The van der Waals surface area contributed by atoms with Crippen molar-refractivity contribution >= 4 is 0 Å². The Morgan fingerprint density at radius 3 is 2.42 bits per heavy atom. The summed E-state index contributed by atoms with van der Waals surface area (Å²) in [5.41, 5.74) is -0.309. The molecule has 5 rings (SSSR count). The molecule has 33 heavy (non-hydrogen) atoms. The quantitative estimate of drug-likeness (QED) is 0.535. The van der Waals surface area contributed by atoms with Gasteiger partial charge in [0, 0.05) is 52.1 Å². The van der Waals surface area contributed by atoms with Gasteiger partial charge < -0.3 is 14.2 Å². The fraction of sp³-hybridized carbons (Fsp3) is 0.500. The highest BCUT2D eigenvalue weighted by molar-refractivity contribution is 5.60. The number of rotatable bonds is 5. The zero-order chi connectivity index (χ0) is 23.0. The molecule has 11 heteroatoms. The number of hydrogen-bond donors (Lipinski definition) is 0. The first-order valence-corrected chi connectivity index (χ1v) is 11.0. The first-order valence-electron chi connectivity index (χ1n) is 11.0. The Bertz CT molecular complexity index is 1220. The van der Waals surface area contributed by atoms with Crippen molar-refractivity contribution in [3.05, 3.63) is 45.1 Å². The van der Waals surface area contributed by atoms with E-state index in [1.807, 2.05) is 24.3 Å². The molecular weight excluding hydrogens is 428 g/mol. The molecule has 4 aliphatic rings. The van der Waals surface area contributed by atoms with Crippen LogP contribution in [0.1, 0.15) is 12.8 Å². The van der Waals surface area contributed by atoms with Gasteiger partial charge in [0.25, 0.3) is 5.56 Å². The number of likely N-dealkylation sites (tertiary alicyclic amines) is 1. The summed E-state index contributed by atoms with van der Waals surface area (Å²) in [5.74, 6) is 0.911. The Balaban J connectivity index is 1.22. The van der Waals surface area contributed by atoms with Crippen LogP contribution in [-0.2, 0) is 23.6 Å². The molecule has 11 nitrogen and oxygen atoms in total. The van der Waals surface area contributed by atoms with Gasteiger partial charge in [-0.3, -0.25) is 14.3 Å². The van der Waals surface area contributed by atoms with E-state index in [1.54, 1.807) is 7.05 Å². The summed E-state index contributed by atoms with van der Waals surface area (Å²) in [6, 6.07) is 7.39. The summed E-state index contributed by atoms with van der Waals surface area (Å²) >= 11 is 0. The number of ether oxygens (including phenoxy) is 3. The predicted octanol–water partition coefficient (Wildman–Crippen LogP) is 0.259. The molecule has 0 unspecified atom stereocenters. The molecule has 1 aromatic rings. The third-order valence-electron chi connectivity index (χ3n) is 6.20. The summed E-state index contributed by atoms with van der Waals surface area (Å²) in [6.07, 6.45) is 1.78. The summed E-state index contributed by atoms with van der Waals surface area (Å²) in [5, 5.41) is 4.35. The predicted molar refractivity (Wildman–Crippen MR) is 118 cm³/mol. The van der Waals surface area contributed by atoms with Crippen LogP contribution in [0, 0.1) is 0 Å². The van der Waals surface area contributed by atoms with Gasteiger partial charge in [-0.2, -0.15) is 10.1 Å². The molecule has 0 aliphatic carbocycles. The van der Waals surface area contributed by atoms with E-state index >= 15 is 0 Å². The molecule has 0 N–H and O–H groups in total. The SMILES string of the molecule is Cn1nc(-c2ccc(OCCN3CCC4(CC3)OCCO4)cc2)nc2c(=O)n(C)c(=O)nc1-2. The highest BCUT2D eigenvalue weighted by Gasteiger charge is 2.39. The van der Waals surface area contributed by atoms with Gasteiger partial charge in [-0.15, -0.1) is 0 Å². The van der Waals surface area contributed by atoms with Gasteiger partial charge in [0.15, 0.2) is 23.1 Å². The van der Waals surface area contributed by atoms with E-state index in [0.717, 1.165) is 48.4 Å². The first kappa shape index (κ1) is 21.7. The second-order valence-corrected chi connectivity index (χ2v) is 8.31. The molecule has 174 valence electrons. The lowest BCUT2D eigenvalue weighted by Gasteiger charge is -2.37. The molecule has 0 bridgehead atoms. The number of piperidine rings is 1. The van der Waals surface area contributed by atoms with Crippen LogP contribution in [0.4, 0.5) is 0 Å². The lowest BCUT2D eigenvalue weighted by atomic mass is 10.0. The number of aryl methyl sites for hydroxylation is 1. The van der Waals surface area contributed by atoms with Gasteiger partial charge in [-0.25, -0.2) is 14.5 Å². The van der Waals surface area contributed by atoms with Crippen molar-refractivity contribution in [1.29, 1.82) is 0 Å². The number of nitrogens with zero attached hydrogens (tertiary/aromatic N) is 6. The Labute approximate surface area is 189 Å². The Hall–Kier alpha value is -3.15. The molecule has 0 radical (unpaired) electrons. The van der Waals surface area contributed by atoms with E-state index in [4.69, 9.17) is 14.2 Å².